The lowest BCUT2D eigenvalue weighted by Crippen LogP contribution is -2.30. The zero-order chi connectivity index (χ0) is 13.3. The molecule has 11 heteroatoms. The van der Waals surface area contributed by atoms with Crippen LogP contribution < -0.4 is 11.1 Å². The summed E-state index contributed by atoms with van der Waals surface area (Å²) in [5.41, 5.74) is -0.201. The molecule has 2 aromatic heterocycles. The van der Waals surface area contributed by atoms with Crippen LogP contribution in [0.2, 0.25) is 0 Å². The van der Waals surface area contributed by atoms with Crippen LogP contribution in [0.3, 0.4) is 0 Å². The molecule has 4 unspecified atom stereocenters. The lowest BCUT2D eigenvalue weighted by Gasteiger charge is -2.09. The summed E-state index contributed by atoms with van der Waals surface area (Å²) in [6, 6.07) is 0. The second-order valence-corrected chi connectivity index (χ2v) is 12.4. The van der Waals surface area contributed by atoms with Crippen molar-refractivity contribution in [3.8, 4) is 0 Å². The predicted molar refractivity (Wildman–Crippen MR) is 82.8 cm³/mol. The Labute approximate surface area is 110 Å². The minimum Gasteiger partial charge on any atom is -0.265 e. The van der Waals surface area contributed by atoms with Crippen molar-refractivity contribution in [2.45, 2.75) is 19.9 Å². The highest BCUT2D eigenvalue weighted by molar-refractivity contribution is 8.60. The Bertz CT molecular complexity index is 677. The van der Waals surface area contributed by atoms with Crippen LogP contribution in [0.4, 0.5) is 0 Å². The van der Waals surface area contributed by atoms with Gasteiger partial charge in [-0.2, -0.15) is 0 Å². The third kappa shape index (κ3) is 2.42. The van der Waals surface area contributed by atoms with Gasteiger partial charge in [-0.05, 0) is 14.4 Å². The highest BCUT2D eigenvalue weighted by Crippen LogP contribution is 2.66. The van der Waals surface area contributed by atoms with Crippen LogP contribution in [-0.4, -0.2) is 24.5 Å². The van der Waals surface area contributed by atoms with Gasteiger partial charge in [-0.25, -0.2) is 9.13 Å². The van der Waals surface area contributed by atoms with Crippen LogP contribution in [0.1, 0.15) is 13.3 Å². The quantitative estimate of drug-likeness (QED) is 0.854. The maximum atomic E-state index is 12.3. The summed E-state index contributed by atoms with van der Waals surface area (Å²) in [5.74, 6) is 0. The third-order valence-electron chi connectivity index (χ3n) is 2.34. The maximum Gasteiger partial charge on any atom is 0.293 e. The topological polar surface area (TPSA) is 85.6 Å². The van der Waals surface area contributed by atoms with Crippen LogP contribution in [-0.2, 0) is 6.54 Å². The van der Waals surface area contributed by atoms with Crippen LogP contribution in [0.5, 0.6) is 0 Å². The van der Waals surface area contributed by atoms with Gasteiger partial charge in [0.1, 0.15) is 0 Å². The van der Waals surface area contributed by atoms with E-state index in [0.29, 0.717) is 20.0 Å². The number of hydrogen-bond donors (Lipinski definition) is 1. The van der Waals surface area contributed by atoms with Gasteiger partial charge in [0.15, 0.2) is 11.0 Å². The van der Waals surface area contributed by atoms with Crippen LogP contribution in [0.15, 0.2) is 9.59 Å². The van der Waals surface area contributed by atoms with E-state index in [0.717, 1.165) is 6.42 Å². The maximum absolute atomic E-state index is 12.3. The van der Waals surface area contributed by atoms with E-state index in [-0.39, 0.29) is 16.6 Å². The van der Waals surface area contributed by atoms with Crippen LogP contribution >= 0.6 is 33.3 Å². The Morgan fingerprint density at radius 1 is 1.50 bits per heavy atom. The predicted octanol–water partition coefficient (Wildman–Crippen LogP) is 1.11. The fourth-order valence-electron chi connectivity index (χ4n) is 1.55. The number of H-pyrrole nitrogens is 1. The van der Waals surface area contributed by atoms with Crippen molar-refractivity contribution in [2.75, 3.05) is 0 Å². The first-order valence-corrected chi connectivity index (χ1v) is 11.8. The molecule has 0 bridgehead atoms. The van der Waals surface area contributed by atoms with E-state index in [2.05, 4.69) is 33.3 Å². The first kappa shape index (κ1) is 14.2. The largest absolute Gasteiger partial charge is 0.293 e. The minimum absolute atomic E-state index is 0.116. The van der Waals surface area contributed by atoms with E-state index < -0.39 is 7.45 Å². The molecule has 0 spiro atoms. The van der Waals surface area contributed by atoms with Crippen LogP contribution in [0, 0.1) is 0 Å². The second kappa shape index (κ2) is 5.84. The summed E-state index contributed by atoms with van der Waals surface area (Å²) in [6.07, 6.45) is 0.768. The van der Waals surface area contributed by atoms with Gasteiger partial charge in [0.25, 0.3) is 11.1 Å². The molecular formula is C7H13N5O2P4. The van der Waals surface area contributed by atoms with E-state index in [1.807, 2.05) is 6.92 Å². The molecule has 0 aliphatic heterocycles. The van der Waals surface area contributed by atoms with Gasteiger partial charge in [-0.15, -0.1) is 14.0 Å². The molecule has 7 nitrogen and oxygen atoms in total. The van der Waals surface area contributed by atoms with Crippen molar-refractivity contribution in [3.05, 3.63) is 20.7 Å². The SMILES string of the molecule is CCCn1[nH]c(=O)c2nnn(P(P)PP)c2c1=O. The Morgan fingerprint density at radius 3 is 2.83 bits per heavy atom. The molecular weight excluding hydrogens is 310 g/mol. The van der Waals surface area contributed by atoms with Gasteiger partial charge in [-0.1, -0.05) is 21.1 Å². The number of aromatic amines is 1. The van der Waals surface area contributed by atoms with E-state index in [1.165, 1.54) is 4.68 Å². The standard InChI is InChI=1S/C7H13N5O2P4/c1-2-3-11-7(14)5-4(6(13)9-11)8-10-12(5)18(16)17-15/h17H,2-3,15-16H2,1H3,(H,9,13). The van der Waals surface area contributed by atoms with Crippen molar-refractivity contribution < 1.29 is 0 Å². The molecule has 18 heavy (non-hydrogen) atoms. The summed E-state index contributed by atoms with van der Waals surface area (Å²) in [4.78, 5) is 24.1. The zero-order valence-corrected chi connectivity index (χ0v) is 13.8. The zero-order valence-electron chi connectivity index (χ0n) is 9.62. The van der Waals surface area contributed by atoms with E-state index in [9.17, 15) is 9.59 Å². The van der Waals surface area contributed by atoms with Gasteiger partial charge in [-0.3, -0.25) is 14.7 Å². The molecule has 0 aromatic carbocycles. The Kier molecular flexibility index (Phi) is 4.61. The molecule has 0 aliphatic carbocycles. The average Bonchev–Trinajstić information content (AvgIpc) is 2.80. The summed E-state index contributed by atoms with van der Waals surface area (Å²) in [7, 11) is 5.10. The Morgan fingerprint density at radius 2 is 2.22 bits per heavy atom. The summed E-state index contributed by atoms with van der Waals surface area (Å²) in [5, 5.41) is 10.2. The molecule has 2 rings (SSSR count). The van der Waals surface area contributed by atoms with Gasteiger partial charge in [0.2, 0.25) is 0 Å². The van der Waals surface area contributed by atoms with Crippen LogP contribution in [0.25, 0.3) is 11.0 Å². The fourth-order valence-corrected chi connectivity index (χ4v) is 4.40. The van der Waals surface area contributed by atoms with Gasteiger partial charge >= 0.3 is 0 Å². The molecule has 2 heterocycles. The normalized spacial score (nSPS) is 13.7. The van der Waals surface area contributed by atoms with Crippen molar-refractivity contribution in [2.24, 2.45) is 0 Å². The Balaban J connectivity index is 2.78. The number of nitrogens with zero attached hydrogens (tertiary/aromatic N) is 4. The summed E-state index contributed by atoms with van der Waals surface area (Å²) < 4.78 is 2.88. The molecule has 1 N–H and O–H groups in total. The van der Waals surface area contributed by atoms with E-state index >= 15 is 0 Å². The van der Waals surface area contributed by atoms with Gasteiger partial charge in [0.05, 0.1) is 7.45 Å². The van der Waals surface area contributed by atoms with Gasteiger partial charge < -0.3 is 0 Å². The first-order chi connectivity index (χ1) is 8.60. The van der Waals surface area contributed by atoms with E-state index in [1.54, 1.807) is 4.45 Å². The number of aromatic nitrogens is 5. The molecule has 0 aliphatic rings. The van der Waals surface area contributed by atoms with Crippen molar-refractivity contribution in [1.29, 1.82) is 0 Å². The number of rotatable bonds is 4. The highest BCUT2D eigenvalue weighted by atomic mass is 32.6. The van der Waals surface area contributed by atoms with Crippen molar-refractivity contribution in [1.82, 2.24) is 24.5 Å². The first-order valence-electron chi connectivity index (χ1n) is 5.20. The summed E-state index contributed by atoms with van der Waals surface area (Å²) in [6.45, 7) is 2.42. The van der Waals surface area contributed by atoms with Gasteiger partial charge in [0, 0.05) is 6.54 Å². The molecule has 98 valence electrons. The number of aryl methyl sites for hydroxylation is 1. The summed E-state index contributed by atoms with van der Waals surface area (Å²) >= 11 is 0. The minimum atomic E-state index is -0.702. The molecule has 2 aromatic rings. The molecule has 0 amide bonds. The molecule has 0 fully saturated rings. The van der Waals surface area contributed by atoms with Crippen molar-refractivity contribution in [3.63, 3.8) is 0 Å². The van der Waals surface area contributed by atoms with E-state index in [4.69, 9.17) is 0 Å². The third-order valence-corrected chi connectivity index (χ3v) is 11.7. The molecule has 4 atom stereocenters. The fraction of sp³-hybridized carbons (Fsp3) is 0.429. The number of hydrogen-bond acceptors (Lipinski definition) is 4. The smallest absolute Gasteiger partial charge is 0.265 e. The second-order valence-electron chi connectivity index (χ2n) is 3.55. The highest BCUT2D eigenvalue weighted by Gasteiger charge is 2.17. The molecule has 0 saturated carbocycles. The molecule has 0 saturated heterocycles. The molecule has 0 radical (unpaired) electrons. The number of fused-ring (bicyclic) bond motifs is 1. The average molecular weight is 323 g/mol. The lowest BCUT2D eigenvalue weighted by atomic mass is 10.4. The Hall–Kier alpha value is -0.200. The van der Waals surface area contributed by atoms with Crippen molar-refractivity contribution >= 4 is 44.3 Å². The number of nitrogens with one attached hydrogen (secondary N) is 1. The monoisotopic (exact) mass is 323 g/mol. The lowest BCUT2D eigenvalue weighted by molar-refractivity contribution is 0.565.